The van der Waals surface area contributed by atoms with E-state index in [9.17, 15) is 4.79 Å². The van der Waals surface area contributed by atoms with Crippen molar-refractivity contribution in [1.29, 1.82) is 0 Å². The number of benzene rings is 1. The molecule has 0 saturated heterocycles. The van der Waals surface area contributed by atoms with Crippen molar-refractivity contribution in [1.82, 2.24) is 25.5 Å². The number of tetrazole rings is 1. The predicted octanol–water partition coefficient (Wildman–Crippen LogP) is 3.29. The molecule has 0 bridgehead atoms. The number of nitrogens with zero attached hydrogens (tertiary/aromatic N) is 4. The Morgan fingerprint density at radius 2 is 2.00 bits per heavy atom. The van der Waals surface area contributed by atoms with Crippen LogP contribution in [0.2, 0.25) is 0 Å². The van der Waals surface area contributed by atoms with E-state index in [1.54, 1.807) is 4.68 Å². The third kappa shape index (κ3) is 5.29. The van der Waals surface area contributed by atoms with Gasteiger partial charge in [0.2, 0.25) is 11.1 Å². The summed E-state index contributed by atoms with van der Waals surface area (Å²) in [5.74, 6) is 0.400. The molecule has 1 fully saturated rings. The molecule has 0 radical (unpaired) electrons. The van der Waals surface area contributed by atoms with Crippen LogP contribution in [0, 0.1) is 6.92 Å². The van der Waals surface area contributed by atoms with Gasteiger partial charge in [-0.15, -0.1) is 5.10 Å². The zero-order valence-electron chi connectivity index (χ0n) is 14.6. The molecule has 0 atom stereocenters. The summed E-state index contributed by atoms with van der Waals surface area (Å²) in [4.78, 5) is 12.3. The van der Waals surface area contributed by atoms with Gasteiger partial charge in [0, 0.05) is 6.04 Å². The third-order valence-electron chi connectivity index (χ3n) is 4.49. The lowest BCUT2D eigenvalue weighted by molar-refractivity contribution is -0.119. The summed E-state index contributed by atoms with van der Waals surface area (Å²) in [6.07, 6.45) is 8.51. The Labute approximate surface area is 152 Å². The van der Waals surface area contributed by atoms with Crippen LogP contribution >= 0.6 is 11.8 Å². The van der Waals surface area contributed by atoms with Gasteiger partial charge in [0.05, 0.1) is 11.4 Å². The first-order valence-corrected chi connectivity index (χ1v) is 9.98. The zero-order chi connectivity index (χ0) is 17.5. The molecule has 1 aliphatic carbocycles. The van der Waals surface area contributed by atoms with Crippen LogP contribution in [-0.4, -0.2) is 37.9 Å². The van der Waals surface area contributed by atoms with Crippen LogP contribution < -0.4 is 5.32 Å². The molecule has 1 N–H and O–H groups in total. The van der Waals surface area contributed by atoms with Gasteiger partial charge in [-0.2, -0.15) is 4.68 Å². The van der Waals surface area contributed by atoms with E-state index in [2.05, 4.69) is 20.8 Å². The monoisotopic (exact) mass is 359 g/mol. The first kappa shape index (κ1) is 17.9. The van der Waals surface area contributed by atoms with E-state index >= 15 is 0 Å². The minimum atomic E-state index is 0.0642. The van der Waals surface area contributed by atoms with Gasteiger partial charge in [0.15, 0.2) is 0 Å². The molecule has 3 rings (SSSR count). The number of hydrogen-bond donors (Lipinski definition) is 1. The molecular weight excluding hydrogens is 334 g/mol. The fraction of sp³-hybridized carbons (Fsp3) is 0.556. The van der Waals surface area contributed by atoms with Crippen molar-refractivity contribution in [3.63, 3.8) is 0 Å². The summed E-state index contributed by atoms with van der Waals surface area (Å²) < 4.78 is 1.68. The maximum atomic E-state index is 12.3. The normalized spacial score (nSPS) is 16.2. The largest absolute Gasteiger partial charge is 0.353 e. The number of aryl methyl sites for hydroxylation is 1. The standard InChI is InChI=1S/C18H25N5OS/c1-14-8-7-11-16(12-14)23-18(20-21-22-23)25-13-17(24)19-15-9-5-3-2-4-6-10-15/h7-8,11-12,15H,2-6,9-10,13H2,1H3,(H,19,24). The van der Waals surface area contributed by atoms with E-state index in [1.807, 2.05) is 31.2 Å². The quantitative estimate of drug-likeness (QED) is 0.829. The average Bonchev–Trinajstić information content (AvgIpc) is 3.04. The summed E-state index contributed by atoms with van der Waals surface area (Å²) >= 11 is 1.38. The molecule has 1 saturated carbocycles. The van der Waals surface area contributed by atoms with E-state index in [-0.39, 0.29) is 5.91 Å². The second kappa shape index (κ2) is 8.99. The van der Waals surface area contributed by atoms with E-state index in [4.69, 9.17) is 0 Å². The maximum absolute atomic E-state index is 12.3. The Hall–Kier alpha value is -1.89. The SMILES string of the molecule is Cc1cccc(-n2nnnc2SCC(=O)NC2CCCCCCC2)c1. The summed E-state index contributed by atoms with van der Waals surface area (Å²) in [6, 6.07) is 8.31. The first-order valence-electron chi connectivity index (χ1n) is 9.00. The van der Waals surface area contributed by atoms with Crippen LogP contribution in [0.5, 0.6) is 0 Å². The fourth-order valence-corrected chi connectivity index (χ4v) is 3.89. The number of rotatable bonds is 5. The lowest BCUT2D eigenvalue weighted by atomic mass is 9.97. The van der Waals surface area contributed by atoms with E-state index in [0.717, 1.165) is 24.1 Å². The molecular formula is C18H25N5OS. The molecule has 25 heavy (non-hydrogen) atoms. The molecule has 1 amide bonds. The van der Waals surface area contributed by atoms with Crippen LogP contribution in [0.15, 0.2) is 29.4 Å². The van der Waals surface area contributed by atoms with Crippen molar-refractivity contribution >= 4 is 17.7 Å². The van der Waals surface area contributed by atoms with Gasteiger partial charge in [-0.3, -0.25) is 4.79 Å². The number of hydrogen-bond acceptors (Lipinski definition) is 5. The van der Waals surface area contributed by atoms with Crippen molar-refractivity contribution in [2.24, 2.45) is 0 Å². The topological polar surface area (TPSA) is 72.7 Å². The van der Waals surface area contributed by atoms with Crippen molar-refractivity contribution in [2.75, 3.05) is 5.75 Å². The van der Waals surface area contributed by atoms with E-state index < -0.39 is 0 Å². The minimum Gasteiger partial charge on any atom is -0.353 e. The summed E-state index contributed by atoms with van der Waals surface area (Å²) in [7, 11) is 0. The van der Waals surface area contributed by atoms with Crippen molar-refractivity contribution in [2.45, 2.75) is 63.1 Å². The van der Waals surface area contributed by atoms with Gasteiger partial charge in [-0.1, -0.05) is 56.0 Å². The molecule has 6 nitrogen and oxygen atoms in total. The van der Waals surface area contributed by atoms with E-state index in [0.29, 0.717) is 17.0 Å². The Bertz CT molecular complexity index is 694. The Kier molecular flexibility index (Phi) is 6.44. The van der Waals surface area contributed by atoms with Crippen molar-refractivity contribution in [3.8, 4) is 5.69 Å². The summed E-state index contributed by atoms with van der Waals surface area (Å²) in [6.45, 7) is 2.03. The molecule has 1 aromatic heterocycles. The number of carbonyl (C=O) groups is 1. The second-order valence-electron chi connectivity index (χ2n) is 6.61. The van der Waals surface area contributed by atoms with Crippen LogP contribution in [0.25, 0.3) is 5.69 Å². The average molecular weight is 359 g/mol. The van der Waals surface area contributed by atoms with Gasteiger partial charge in [-0.25, -0.2) is 0 Å². The molecule has 0 spiro atoms. The predicted molar refractivity (Wildman–Crippen MR) is 98.9 cm³/mol. The third-order valence-corrected chi connectivity index (χ3v) is 5.41. The van der Waals surface area contributed by atoms with Crippen molar-refractivity contribution < 1.29 is 4.79 Å². The highest BCUT2D eigenvalue weighted by Crippen LogP contribution is 2.20. The summed E-state index contributed by atoms with van der Waals surface area (Å²) in [5.41, 5.74) is 2.05. The molecule has 0 aliphatic heterocycles. The van der Waals surface area contributed by atoms with Crippen LogP contribution in [0.3, 0.4) is 0 Å². The Morgan fingerprint density at radius 3 is 2.76 bits per heavy atom. The molecule has 134 valence electrons. The van der Waals surface area contributed by atoms with E-state index in [1.165, 1.54) is 43.9 Å². The highest BCUT2D eigenvalue weighted by Gasteiger charge is 2.16. The number of nitrogens with one attached hydrogen (secondary N) is 1. The number of carbonyl (C=O) groups excluding carboxylic acids is 1. The minimum absolute atomic E-state index is 0.0642. The van der Waals surface area contributed by atoms with Gasteiger partial charge in [-0.05, 0) is 47.9 Å². The molecule has 2 aromatic rings. The smallest absolute Gasteiger partial charge is 0.230 e. The first-order chi connectivity index (χ1) is 12.2. The lowest BCUT2D eigenvalue weighted by Gasteiger charge is -2.20. The van der Waals surface area contributed by atoms with Gasteiger partial charge in [0.1, 0.15) is 0 Å². The lowest BCUT2D eigenvalue weighted by Crippen LogP contribution is -2.36. The zero-order valence-corrected chi connectivity index (χ0v) is 15.5. The van der Waals surface area contributed by atoms with Crippen LogP contribution in [0.4, 0.5) is 0 Å². The molecule has 0 unspecified atom stereocenters. The van der Waals surface area contributed by atoms with Crippen molar-refractivity contribution in [3.05, 3.63) is 29.8 Å². The Balaban J connectivity index is 1.55. The molecule has 1 aromatic carbocycles. The fourth-order valence-electron chi connectivity index (χ4n) is 3.19. The number of amides is 1. The Morgan fingerprint density at radius 1 is 1.24 bits per heavy atom. The maximum Gasteiger partial charge on any atom is 0.230 e. The number of thioether (sulfide) groups is 1. The summed E-state index contributed by atoms with van der Waals surface area (Å²) in [5, 5.41) is 15.7. The second-order valence-corrected chi connectivity index (χ2v) is 7.55. The highest BCUT2D eigenvalue weighted by molar-refractivity contribution is 7.99. The van der Waals surface area contributed by atoms with Crippen LogP contribution in [-0.2, 0) is 4.79 Å². The molecule has 7 heteroatoms. The van der Waals surface area contributed by atoms with Gasteiger partial charge >= 0.3 is 0 Å². The molecule has 1 aliphatic rings. The van der Waals surface area contributed by atoms with Gasteiger partial charge < -0.3 is 5.32 Å². The van der Waals surface area contributed by atoms with Gasteiger partial charge in [0.25, 0.3) is 0 Å². The highest BCUT2D eigenvalue weighted by atomic mass is 32.2. The van der Waals surface area contributed by atoms with Crippen LogP contribution in [0.1, 0.15) is 50.5 Å². The number of aromatic nitrogens is 4. The molecule has 1 heterocycles.